The number of fused-ring (bicyclic) bond motifs is 3. The summed E-state index contributed by atoms with van der Waals surface area (Å²) in [5.74, 6) is -0.557. The van der Waals surface area contributed by atoms with Crippen LogP contribution in [-0.4, -0.2) is 45.5 Å². The highest BCUT2D eigenvalue weighted by Gasteiger charge is 2.30. The highest BCUT2D eigenvalue weighted by atomic mass is 32.2. The van der Waals surface area contributed by atoms with Crippen molar-refractivity contribution in [2.75, 3.05) is 12.9 Å². The SMILES string of the molecule is CC(C)OC(=O)C(Cc1ccc(OS(C)(=O)=O)cc1)NC(=O)OCC1c2ccccc2-c2ccccc21. The number of hydrogen-bond acceptors (Lipinski definition) is 7. The van der Waals surface area contributed by atoms with Crippen molar-refractivity contribution < 1.29 is 31.7 Å². The van der Waals surface area contributed by atoms with E-state index in [1.807, 2.05) is 36.4 Å². The van der Waals surface area contributed by atoms with Gasteiger partial charge in [0.2, 0.25) is 0 Å². The zero-order chi connectivity index (χ0) is 26.6. The largest absolute Gasteiger partial charge is 0.461 e. The van der Waals surface area contributed by atoms with Crippen LogP contribution in [0.5, 0.6) is 5.75 Å². The fourth-order valence-corrected chi connectivity index (χ4v) is 4.84. The molecule has 194 valence electrons. The lowest BCUT2D eigenvalue weighted by Gasteiger charge is -2.20. The summed E-state index contributed by atoms with van der Waals surface area (Å²) >= 11 is 0. The fourth-order valence-electron chi connectivity index (χ4n) is 4.38. The second-order valence-electron chi connectivity index (χ2n) is 9.14. The number of carbonyl (C=O) groups excluding carboxylic acids is 2. The van der Waals surface area contributed by atoms with Crippen LogP contribution < -0.4 is 9.50 Å². The van der Waals surface area contributed by atoms with Gasteiger partial charge >= 0.3 is 22.2 Å². The van der Waals surface area contributed by atoms with Gasteiger partial charge in [-0.15, -0.1) is 0 Å². The van der Waals surface area contributed by atoms with E-state index in [4.69, 9.17) is 13.7 Å². The van der Waals surface area contributed by atoms with Crippen LogP contribution in [0.15, 0.2) is 72.8 Å². The lowest BCUT2D eigenvalue weighted by Crippen LogP contribution is -2.44. The van der Waals surface area contributed by atoms with Crippen LogP contribution in [0.2, 0.25) is 0 Å². The first kappa shape index (κ1) is 26.2. The topological polar surface area (TPSA) is 108 Å². The molecule has 0 aliphatic heterocycles. The molecule has 3 aromatic carbocycles. The first-order valence-corrected chi connectivity index (χ1v) is 13.7. The van der Waals surface area contributed by atoms with Gasteiger partial charge in [0.15, 0.2) is 0 Å². The molecular weight excluding hydrogens is 494 g/mol. The van der Waals surface area contributed by atoms with E-state index in [0.717, 1.165) is 28.5 Å². The molecule has 1 N–H and O–H groups in total. The number of ether oxygens (including phenoxy) is 2. The summed E-state index contributed by atoms with van der Waals surface area (Å²) in [6.07, 6.45) is -0.0269. The standard InChI is InChI=1S/C28H29NO7S/c1-18(2)35-27(30)26(16-19-12-14-20(15-13-19)36-37(3,32)33)29-28(31)34-17-25-23-10-6-4-8-21(23)22-9-5-7-11-24(22)25/h4-15,18,25-26H,16-17H2,1-3H3,(H,29,31). The number of esters is 1. The average molecular weight is 524 g/mol. The van der Waals surface area contributed by atoms with Gasteiger partial charge in [0, 0.05) is 12.3 Å². The zero-order valence-electron chi connectivity index (χ0n) is 20.8. The van der Waals surface area contributed by atoms with Crippen LogP contribution in [0, 0.1) is 0 Å². The van der Waals surface area contributed by atoms with Gasteiger partial charge in [0.05, 0.1) is 12.4 Å². The van der Waals surface area contributed by atoms with Gasteiger partial charge < -0.3 is 19.0 Å². The number of rotatable bonds is 9. The van der Waals surface area contributed by atoms with Crippen molar-refractivity contribution in [2.45, 2.75) is 38.3 Å². The summed E-state index contributed by atoms with van der Waals surface area (Å²) in [7, 11) is -3.65. The average Bonchev–Trinajstić information content (AvgIpc) is 3.16. The van der Waals surface area contributed by atoms with Gasteiger partial charge in [0.1, 0.15) is 18.4 Å². The Morgan fingerprint density at radius 3 is 2.00 bits per heavy atom. The Morgan fingerprint density at radius 2 is 1.46 bits per heavy atom. The molecule has 8 nitrogen and oxygen atoms in total. The molecule has 1 aliphatic carbocycles. The Morgan fingerprint density at radius 1 is 0.892 bits per heavy atom. The van der Waals surface area contributed by atoms with E-state index in [0.29, 0.717) is 5.56 Å². The number of carbonyl (C=O) groups is 2. The molecule has 0 bridgehead atoms. The second-order valence-corrected chi connectivity index (χ2v) is 10.7. The van der Waals surface area contributed by atoms with Crippen molar-refractivity contribution in [1.29, 1.82) is 0 Å². The molecule has 0 fully saturated rings. The predicted molar refractivity (Wildman–Crippen MR) is 139 cm³/mol. The molecule has 1 aliphatic rings. The first-order valence-electron chi connectivity index (χ1n) is 11.9. The Labute approximate surface area is 216 Å². The highest BCUT2D eigenvalue weighted by Crippen LogP contribution is 2.44. The fraction of sp³-hybridized carbons (Fsp3) is 0.286. The lowest BCUT2D eigenvalue weighted by molar-refractivity contribution is -0.149. The Bertz CT molecular complexity index is 1340. The Kier molecular flexibility index (Phi) is 7.83. The van der Waals surface area contributed by atoms with Gasteiger partial charge in [-0.05, 0) is 53.8 Å². The van der Waals surface area contributed by atoms with Crippen LogP contribution in [0.3, 0.4) is 0 Å². The number of nitrogens with one attached hydrogen (secondary N) is 1. The molecule has 9 heteroatoms. The van der Waals surface area contributed by atoms with Crippen LogP contribution in [0.25, 0.3) is 11.1 Å². The maximum absolute atomic E-state index is 12.8. The third-order valence-corrected chi connectivity index (χ3v) is 6.38. The van der Waals surface area contributed by atoms with Gasteiger partial charge in [-0.1, -0.05) is 60.7 Å². The summed E-state index contributed by atoms with van der Waals surface area (Å²) < 4.78 is 38.4. The summed E-state index contributed by atoms with van der Waals surface area (Å²) in [5.41, 5.74) is 5.08. The molecule has 0 spiro atoms. The number of amides is 1. The predicted octanol–water partition coefficient (Wildman–Crippen LogP) is 4.43. The summed E-state index contributed by atoms with van der Waals surface area (Å²) in [4.78, 5) is 25.5. The normalized spacial score (nSPS) is 13.4. The second kappa shape index (κ2) is 11.0. The molecular formula is C28H29NO7S. The van der Waals surface area contributed by atoms with Crippen LogP contribution in [0.4, 0.5) is 4.79 Å². The van der Waals surface area contributed by atoms with Crippen molar-refractivity contribution >= 4 is 22.2 Å². The molecule has 3 aromatic rings. The highest BCUT2D eigenvalue weighted by molar-refractivity contribution is 7.86. The smallest absolute Gasteiger partial charge is 0.407 e. The van der Waals surface area contributed by atoms with Gasteiger partial charge in [-0.3, -0.25) is 0 Å². The van der Waals surface area contributed by atoms with E-state index >= 15 is 0 Å². The molecule has 0 saturated heterocycles. The molecule has 0 aromatic heterocycles. The van der Waals surface area contributed by atoms with E-state index in [1.54, 1.807) is 26.0 Å². The molecule has 0 heterocycles. The van der Waals surface area contributed by atoms with E-state index < -0.39 is 28.2 Å². The minimum absolute atomic E-state index is 0.110. The van der Waals surface area contributed by atoms with Crippen molar-refractivity contribution in [3.8, 4) is 16.9 Å². The minimum atomic E-state index is -3.65. The molecule has 1 atom stereocenters. The summed E-state index contributed by atoms with van der Waals surface area (Å²) in [6.45, 7) is 3.56. The van der Waals surface area contributed by atoms with E-state index in [1.165, 1.54) is 12.1 Å². The molecule has 0 saturated carbocycles. The quantitative estimate of drug-likeness (QED) is 0.327. The van der Waals surface area contributed by atoms with E-state index in [-0.39, 0.29) is 30.8 Å². The van der Waals surface area contributed by atoms with E-state index in [2.05, 4.69) is 17.4 Å². The molecule has 1 unspecified atom stereocenters. The van der Waals surface area contributed by atoms with Crippen molar-refractivity contribution in [2.24, 2.45) is 0 Å². The number of benzene rings is 3. The third-order valence-electron chi connectivity index (χ3n) is 5.88. The molecule has 1 amide bonds. The summed E-state index contributed by atoms with van der Waals surface area (Å²) in [6, 6.07) is 21.3. The van der Waals surface area contributed by atoms with Crippen molar-refractivity contribution in [1.82, 2.24) is 5.32 Å². The maximum atomic E-state index is 12.8. The Balaban J connectivity index is 1.44. The Hall–Kier alpha value is -3.85. The minimum Gasteiger partial charge on any atom is -0.461 e. The van der Waals surface area contributed by atoms with Gasteiger partial charge in [-0.2, -0.15) is 8.42 Å². The number of alkyl carbamates (subject to hydrolysis) is 1. The lowest BCUT2D eigenvalue weighted by atomic mass is 9.98. The van der Waals surface area contributed by atoms with Crippen LogP contribution >= 0.6 is 0 Å². The molecule has 4 rings (SSSR count). The number of hydrogen-bond donors (Lipinski definition) is 1. The third kappa shape index (κ3) is 6.68. The monoisotopic (exact) mass is 523 g/mol. The zero-order valence-corrected chi connectivity index (χ0v) is 21.7. The van der Waals surface area contributed by atoms with Gasteiger partial charge in [0.25, 0.3) is 0 Å². The van der Waals surface area contributed by atoms with E-state index in [9.17, 15) is 18.0 Å². The summed E-state index contributed by atoms with van der Waals surface area (Å²) in [5, 5.41) is 2.63. The van der Waals surface area contributed by atoms with Crippen LogP contribution in [0.1, 0.15) is 36.5 Å². The molecule has 0 radical (unpaired) electrons. The van der Waals surface area contributed by atoms with Crippen LogP contribution in [-0.2, 0) is 30.8 Å². The van der Waals surface area contributed by atoms with Crippen molar-refractivity contribution in [3.63, 3.8) is 0 Å². The van der Waals surface area contributed by atoms with Crippen molar-refractivity contribution in [3.05, 3.63) is 89.5 Å². The first-order chi connectivity index (χ1) is 17.6. The maximum Gasteiger partial charge on any atom is 0.407 e. The van der Waals surface area contributed by atoms with Gasteiger partial charge in [-0.25, -0.2) is 9.59 Å². The molecule has 37 heavy (non-hydrogen) atoms.